The third kappa shape index (κ3) is 4.39. The highest BCUT2D eigenvalue weighted by atomic mass is 35.5. The molecule has 2 nitrogen and oxygen atoms in total. The van der Waals surface area contributed by atoms with Gasteiger partial charge in [-0.05, 0) is 25.3 Å². The maximum Gasteiger partial charge on any atom is 0.306 e. The van der Waals surface area contributed by atoms with Crippen LogP contribution in [0.1, 0.15) is 31.7 Å². The molecule has 0 saturated heterocycles. The minimum Gasteiger partial charge on any atom is -0.466 e. The molecule has 0 heterocycles. The van der Waals surface area contributed by atoms with Gasteiger partial charge in [-0.2, -0.15) is 0 Å². The van der Waals surface area contributed by atoms with E-state index in [0.29, 0.717) is 25.3 Å². The van der Waals surface area contributed by atoms with Gasteiger partial charge in [0.2, 0.25) is 0 Å². The Morgan fingerprint density at radius 2 is 2.11 bits per heavy atom. The van der Waals surface area contributed by atoms with Crippen LogP contribution in [0.5, 0.6) is 0 Å². The molecule has 1 aromatic rings. The van der Waals surface area contributed by atoms with Crippen molar-refractivity contribution in [2.75, 3.05) is 12.5 Å². The number of esters is 1. The maximum absolute atomic E-state index is 11.9. The zero-order chi connectivity index (χ0) is 14.1. The van der Waals surface area contributed by atoms with Crippen molar-refractivity contribution in [3.8, 4) is 0 Å². The third-order valence-electron chi connectivity index (χ3n) is 3.28. The van der Waals surface area contributed by atoms with Gasteiger partial charge in [0.25, 0.3) is 0 Å². The van der Waals surface area contributed by atoms with Crippen LogP contribution in [-0.2, 0) is 14.9 Å². The van der Waals surface area contributed by atoms with Gasteiger partial charge in [-0.25, -0.2) is 0 Å². The van der Waals surface area contributed by atoms with Crippen molar-refractivity contribution in [2.45, 2.75) is 31.6 Å². The molecule has 0 aliphatic carbocycles. The summed E-state index contributed by atoms with van der Waals surface area (Å²) in [6, 6.07) is 10.00. The van der Waals surface area contributed by atoms with E-state index in [1.807, 2.05) is 43.3 Å². The second-order valence-electron chi connectivity index (χ2n) is 4.56. The number of carbonyl (C=O) groups is 1. The van der Waals surface area contributed by atoms with Crippen molar-refractivity contribution in [1.82, 2.24) is 0 Å². The Kier molecular flexibility index (Phi) is 6.65. The first-order valence-corrected chi connectivity index (χ1v) is 7.10. The Balaban J connectivity index is 3.06. The summed E-state index contributed by atoms with van der Waals surface area (Å²) in [6.45, 7) is 6.03. The van der Waals surface area contributed by atoms with Crippen LogP contribution in [0.25, 0.3) is 0 Å². The molecule has 0 aliphatic heterocycles. The molecule has 0 saturated carbocycles. The van der Waals surface area contributed by atoms with E-state index in [2.05, 4.69) is 6.58 Å². The molecule has 0 spiro atoms. The van der Waals surface area contributed by atoms with Gasteiger partial charge < -0.3 is 4.74 Å². The molecule has 104 valence electrons. The van der Waals surface area contributed by atoms with Crippen LogP contribution >= 0.6 is 11.6 Å². The van der Waals surface area contributed by atoms with E-state index >= 15 is 0 Å². The summed E-state index contributed by atoms with van der Waals surface area (Å²) in [6.07, 6.45) is 3.62. The molecular weight excluding hydrogens is 260 g/mol. The number of hydrogen-bond donors (Lipinski definition) is 0. The smallest absolute Gasteiger partial charge is 0.306 e. The van der Waals surface area contributed by atoms with Crippen LogP contribution in [0.3, 0.4) is 0 Å². The van der Waals surface area contributed by atoms with Crippen molar-refractivity contribution in [3.05, 3.63) is 48.6 Å². The molecule has 1 unspecified atom stereocenters. The molecule has 0 aliphatic rings. The molecule has 3 heteroatoms. The lowest BCUT2D eigenvalue weighted by Crippen LogP contribution is -2.30. The SMILES string of the molecule is C=CCC(CCCl)(CC(=O)OCC)c1ccccc1. The predicted molar refractivity (Wildman–Crippen MR) is 79.5 cm³/mol. The van der Waals surface area contributed by atoms with Gasteiger partial charge in [-0.15, -0.1) is 18.2 Å². The van der Waals surface area contributed by atoms with Crippen LogP contribution in [0, 0.1) is 0 Å². The number of ether oxygens (including phenoxy) is 1. The standard InChI is InChI=1S/C16H21ClO2/c1-3-10-16(11-12-17,13-15(18)19-4-2)14-8-6-5-7-9-14/h3,5-9H,1,4,10-13H2,2H3. The fourth-order valence-electron chi connectivity index (χ4n) is 2.36. The van der Waals surface area contributed by atoms with E-state index in [1.54, 1.807) is 0 Å². The van der Waals surface area contributed by atoms with E-state index in [9.17, 15) is 4.79 Å². The number of rotatable bonds is 8. The first kappa shape index (κ1) is 15.8. The largest absolute Gasteiger partial charge is 0.466 e. The molecule has 0 fully saturated rings. The zero-order valence-corrected chi connectivity index (χ0v) is 12.2. The first-order chi connectivity index (χ1) is 9.18. The summed E-state index contributed by atoms with van der Waals surface area (Å²) in [5.41, 5.74) is 0.806. The minimum absolute atomic E-state index is 0.182. The van der Waals surface area contributed by atoms with Crippen LogP contribution in [-0.4, -0.2) is 18.5 Å². The van der Waals surface area contributed by atoms with Gasteiger partial charge in [0.05, 0.1) is 13.0 Å². The normalized spacial score (nSPS) is 13.6. The second-order valence-corrected chi connectivity index (χ2v) is 4.94. The van der Waals surface area contributed by atoms with Gasteiger partial charge in [0, 0.05) is 11.3 Å². The highest BCUT2D eigenvalue weighted by molar-refractivity contribution is 6.17. The van der Waals surface area contributed by atoms with Crippen molar-refractivity contribution < 1.29 is 9.53 Å². The minimum atomic E-state index is -0.309. The maximum atomic E-state index is 11.9. The molecule has 0 radical (unpaired) electrons. The van der Waals surface area contributed by atoms with Gasteiger partial charge in [-0.1, -0.05) is 36.4 Å². The third-order valence-corrected chi connectivity index (χ3v) is 3.47. The topological polar surface area (TPSA) is 26.3 Å². The number of halogens is 1. The summed E-state index contributed by atoms with van der Waals surface area (Å²) in [4.78, 5) is 11.9. The Labute approximate surface area is 120 Å². The molecule has 1 atom stereocenters. The van der Waals surface area contributed by atoms with E-state index in [0.717, 1.165) is 12.0 Å². The second kappa shape index (κ2) is 8.00. The van der Waals surface area contributed by atoms with E-state index < -0.39 is 0 Å². The Morgan fingerprint density at radius 3 is 2.63 bits per heavy atom. The zero-order valence-electron chi connectivity index (χ0n) is 11.4. The molecule has 1 rings (SSSR count). The molecule has 1 aromatic carbocycles. The van der Waals surface area contributed by atoms with E-state index in [4.69, 9.17) is 16.3 Å². The summed E-state index contributed by atoms with van der Waals surface area (Å²) in [5.74, 6) is 0.320. The van der Waals surface area contributed by atoms with Crippen molar-refractivity contribution in [2.24, 2.45) is 0 Å². The summed E-state index contributed by atoms with van der Waals surface area (Å²) >= 11 is 5.95. The summed E-state index contributed by atoms with van der Waals surface area (Å²) in [7, 11) is 0. The average Bonchev–Trinajstić information content (AvgIpc) is 2.40. The molecule has 0 aromatic heterocycles. The Bertz CT molecular complexity index is 402. The van der Waals surface area contributed by atoms with Crippen molar-refractivity contribution >= 4 is 17.6 Å². The van der Waals surface area contributed by atoms with Crippen molar-refractivity contribution in [3.63, 3.8) is 0 Å². The summed E-state index contributed by atoms with van der Waals surface area (Å²) < 4.78 is 5.10. The average molecular weight is 281 g/mol. The molecular formula is C16H21ClO2. The Hall–Kier alpha value is -1.28. The Morgan fingerprint density at radius 1 is 1.42 bits per heavy atom. The summed E-state index contributed by atoms with van der Waals surface area (Å²) in [5, 5.41) is 0. The van der Waals surface area contributed by atoms with Crippen molar-refractivity contribution in [1.29, 1.82) is 0 Å². The van der Waals surface area contributed by atoms with Gasteiger partial charge in [0.15, 0.2) is 0 Å². The fraction of sp³-hybridized carbons (Fsp3) is 0.438. The van der Waals surface area contributed by atoms with E-state index in [-0.39, 0.29) is 11.4 Å². The fourth-order valence-corrected chi connectivity index (χ4v) is 2.73. The molecule has 0 bridgehead atoms. The first-order valence-electron chi connectivity index (χ1n) is 6.56. The highest BCUT2D eigenvalue weighted by Gasteiger charge is 2.33. The number of alkyl halides is 1. The molecule has 19 heavy (non-hydrogen) atoms. The van der Waals surface area contributed by atoms with Crippen LogP contribution in [0.2, 0.25) is 0 Å². The lowest BCUT2D eigenvalue weighted by Gasteiger charge is -2.32. The number of allylic oxidation sites excluding steroid dienone is 1. The quantitative estimate of drug-likeness (QED) is 0.407. The predicted octanol–water partition coefficient (Wildman–Crippen LogP) is 4.08. The monoisotopic (exact) mass is 280 g/mol. The highest BCUT2D eigenvalue weighted by Crippen LogP contribution is 2.36. The van der Waals surface area contributed by atoms with E-state index in [1.165, 1.54) is 0 Å². The van der Waals surface area contributed by atoms with Crippen LogP contribution in [0.15, 0.2) is 43.0 Å². The van der Waals surface area contributed by atoms with Gasteiger partial charge >= 0.3 is 5.97 Å². The van der Waals surface area contributed by atoms with Gasteiger partial charge in [0.1, 0.15) is 0 Å². The van der Waals surface area contributed by atoms with Gasteiger partial charge in [-0.3, -0.25) is 4.79 Å². The lowest BCUT2D eigenvalue weighted by molar-refractivity contribution is -0.144. The number of benzene rings is 1. The molecule has 0 amide bonds. The van der Waals surface area contributed by atoms with Crippen LogP contribution < -0.4 is 0 Å². The molecule has 0 N–H and O–H groups in total. The number of hydrogen-bond acceptors (Lipinski definition) is 2. The number of carbonyl (C=O) groups excluding carboxylic acids is 1. The lowest BCUT2D eigenvalue weighted by atomic mass is 9.73. The van der Waals surface area contributed by atoms with Crippen LogP contribution in [0.4, 0.5) is 0 Å².